The fraction of sp³-hybridized carbons (Fsp3) is 0.200. The summed E-state index contributed by atoms with van der Waals surface area (Å²) in [7, 11) is 0. The van der Waals surface area contributed by atoms with Gasteiger partial charge in [-0.15, -0.1) is 0 Å². The van der Waals surface area contributed by atoms with Gasteiger partial charge < -0.3 is 14.6 Å². The molecule has 4 rings (SSSR count). The van der Waals surface area contributed by atoms with E-state index in [0.717, 1.165) is 0 Å². The molecule has 0 unspecified atom stereocenters. The number of rotatable bonds is 7. The van der Waals surface area contributed by atoms with Gasteiger partial charge in [0.2, 0.25) is 0 Å². The summed E-state index contributed by atoms with van der Waals surface area (Å²) in [5.74, 6) is -1.25. The number of esters is 1. The van der Waals surface area contributed by atoms with Crippen molar-refractivity contribution in [3.63, 3.8) is 0 Å². The zero-order chi connectivity index (χ0) is 26.0. The summed E-state index contributed by atoms with van der Waals surface area (Å²) >= 11 is 10.7. The molecule has 2 aromatic carbocycles. The van der Waals surface area contributed by atoms with E-state index >= 15 is 0 Å². The summed E-state index contributed by atoms with van der Waals surface area (Å²) in [6.45, 7) is 3.16. The quantitative estimate of drug-likeness (QED) is 0.420. The Kier molecular flexibility index (Phi) is 7.77. The highest BCUT2D eigenvalue weighted by Gasteiger charge is 2.33. The molecule has 2 heterocycles. The Balaban J connectivity index is 1.83. The van der Waals surface area contributed by atoms with Crippen molar-refractivity contribution in [3.05, 3.63) is 94.0 Å². The molecule has 1 aliphatic heterocycles. The summed E-state index contributed by atoms with van der Waals surface area (Å²) < 4.78 is 13.0. The number of nitrogens with zero attached hydrogens (tertiary/aromatic N) is 2. The van der Waals surface area contributed by atoms with Gasteiger partial charge in [-0.1, -0.05) is 41.1 Å². The first kappa shape index (κ1) is 25.9. The summed E-state index contributed by atoms with van der Waals surface area (Å²) in [4.78, 5) is 42.3. The Bertz CT molecular complexity index is 1560. The molecule has 11 heteroatoms. The van der Waals surface area contributed by atoms with Gasteiger partial charge in [0.25, 0.3) is 5.56 Å². The lowest BCUT2D eigenvalue weighted by Gasteiger charge is -2.24. The van der Waals surface area contributed by atoms with E-state index in [1.54, 1.807) is 62.4 Å². The Labute approximate surface area is 222 Å². The van der Waals surface area contributed by atoms with E-state index in [1.807, 2.05) is 0 Å². The van der Waals surface area contributed by atoms with E-state index < -0.39 is 24.6 Å². The lowest BCUT2D eigenvalue weighted by atomic mass is 9.96. The molecule has 0 fully saturated rings. The van der Waals surface area contributed by atoms with Gasteiger partial charge in [-0.2, -0.15) is 0 Å². The molecule has 0 radical (unpaired) electrons. The zero-order valence-corrected chi connectivity index (χ0v) is 22.3. The van der Waals surface area contributed by atoms with Crippen LogP contribution >= 0.6 is 38.9 Å². The Morgan fingerprint density at radius 1 is 1.25 bits per heavy atom. The predicted molar refractivity (Wildman–Crippen MR) is 139 cm³/mol. The first-order valence-corrected chi connectivity index (χ1v) is 12.8. The number of hydrogen-bond acceptors (Lipinski definition) is 7. The van der Waals surface area contributed by atoms with Crippen LogP contribution in [0.15, 0.2) is 68.0 Å². The zero-order valence-electron chi connectivity index (χ0n) is 19.2. The number of carboxylic acids is 1. The van der Waals surface area contributed by atoms with Crippen LogP contribution in [-0.2, 0) is 14.3 Å². The topological polar surface area (TPSA) is 107 Å². The number of hydrogen-bond donors (Lipinski definition) is 1. The van der Waals surface area contributed by atoms with Gasteiger partial charge >= 0.3 is 11.9 Å². The van der Waals surface area contributed by atoms with Gasteiger partial charge in [0.05, 0.1) is 32.9 Å². The summed E-state index contributed by atoms with van der Waals surface area (Å²) in [6, 6.07) is 11.3. The molecular formula is C25H20BrClN2O6S. The van der Waals surface area contributed by atoms with Crippen molar-refractivity contribution in [2.45, 2.75) is 19.9 Å². The van der Waals surface area contributed by atoms with Crippen LogP contribution in [0.2, 0.25) is 5.02 Å². The first-order chi connectivity index (χ1) is 17.2. The molecular weight excluding hydrogens is 572 g/mol. The van der Waals surface area contributed by atoms with Crippen molar-refractivity contribution in [2.24, 2.45) is 4.99 Å². The van der Waals surface area contributed by atoms with Crippen LogP contribution in [0.25, 0.3) is 6.08 Å². The SMILES string of the molecule is CCOC(=O)C1=C(C)N=c2s/c(=C/c3ccc(OCC(=O)O)c(Br)c3)c(=O)n2[C@@H]1c1ccc(Cl)cc1. The van der Waals surface area contributed by atoms with Crippen LogP contribution in [0.4, 0.5) is 0 Å². The number of carboxylic acid groups (broad SMARTS) is 1. The fourth-order valence-electron chi connectivity index (χ4n) is 3.77. The molecule has 0 bridgehead atoms. The number of fused-ring (bicyclic) bond motifs is 1. The standard InChI is InChI=1S/C25H20BrClN2O6S/c1-3-34-24(33)21-13(2)28-25-29(22(21)15-5-7-16(27)8-6-15)23(32)19(36-25)11-14-4-9-18(17(26)10-14)35-12-20(30)31/h4-11,22H,3,12H2,1-2H3,(H,30,31)/b19-11+/t22-/m1/s1. The third-order valence-electron chi connectivity index (χ3n) is 5.31. The van der Waals surface area contributed by atoms with Gasteiger partial charge in [-0.3, -0.25) is 9.36 Å². The maximum atomic E-state index is 13.6. The number of thiazole rings is 1. The molecule has 0 saturated carbocycles. The van der Waals surface area contributed by atoms with E-state index in [-0.39, 0.29) is 12.2 Å². The average Bonchev–Trinajstić information content (AvgIpc) is 3.12. The second kappa shape index (κ2) is 10.8. The Morgan fingerprint density at radius 3 is 2.61 bits per heavy atom. The van der Waals surface area contributed by atoms with E-state index in [1.165, 1.54) is 15.9 Å². The maximum absolute atomic E-state index is 13.6. The van der Waals surface area contributed by atoms with Crippen molar-refractivity contribution in [1.82, 2.24) is 4.57 Å². The second-order valence-electron chi connectivity index (χ2n) is 7.73. The monoisotopic (exact) mass is 590 g/mol. The first-order valence-electron chi connectivity index (χ1n) is 10.8. The van der Waals surface area contributed by atoms with Gasteiger partial charge in [0, 0.05) is 5.02 Å². The highest BCUT2D eigenvalue weighted by Crippen LogP contribution is 2.31. The van der Waals surface area contributed by atoms with Crippen LogP contribution < -0.4 is 19.6 Å². The van der Waals surface area contributed by atoms with E-state index in [2.05, 4.69) is 20.9 Å². The van der Waals surface area contributed by atoms with Crippen molar-refractivity contribution >= 4 is 56.9 Å². The minimum absolute atomic E-state index is 0.189. The minimum Gasteiger partial charge on any atom is -0.481 e. The van der Waals surface area contributed by atoms with Gasteiger partial charge in [0.1, 0.15) is 5.75 Å². The highest BCUT2D eigenvalue weighted by molar-refractivity contribution is 9.10. The maximum Gasteiger partial charge on any atom is 0.341 e. The van der Waals surface area contributed by atoms with Crippen LogP contribution in [-0.4, -0.2) is 34.8 Å². The molecule has 3 aromatic rings. The molecule has 1 aliphatic rings. The van der Waals surface area contributed by atoms with E-state index in [0.29, 0.717) is 47.0 Å². The van der Waals surface area contributed by atoms with Crippen LogP contribution in [0.1, 0.15) is 31.0 Å². The Hall–Kier alpha value is -3.21. The lowest BCUT2D eigenvalue weighted by molar-refractivity contribution is -0.140. The highest BCUT2D eigenvalue weighted by atomic mass is 79.9. The second-order valence-corrected chi connectivity index (χ2v) is 10.0. The molecule has 36 heavy (non-hydrogen) atoms. The van der Waals surface area contributed by atoms with Gasteiger partial charge in [0.15, 0.2) is 11.4 Å². The van der Waals surface area contributed by atoms with Gasteiger partial charge in [-0.05, 0) is 71.2 Å². The summed E-state index contributed by atoms with van der Waals surface area (Å²) in [5, 5.41) is 9.35. The number of carbonyl (C=O) groups is 2. The molecule has 0 aliphatic carbocycles. The summed E-state index contributed by atoms with van der Waals surface area (Å²) in [6.07, 6.45) is 1.71. The molecule has 1 aromatic heterocycles. The third kappa shape index (κ3) is 5.30. The fourth-order valence-corrected chi connectivity index (χ4v) is 5.45. The van der Waals surface area contributed by atoms with Crippen molar-refractivity contribution in [3.8, 4) is 5.75 Å². The molecule has 0 spiro atoms. The molecule has 0 saturated heterocycles. The van der Waals surface area contributed by atoms with Crippen molar-refractivity contribution in [1.29, 1.82) is 0 Å². The van der Waals surface area contributed by atoms with E-state index in [9.17, 15) is 14.4 Å². The van der Waals surface area contributed by atoms with Crippen LogP contribution in [0.3, 0.4) is 0 Å². The number of allylic oxidation sites excluding steroid dienone is 1. The van der Waals surface area contributed by atoms with Crippen molar-refractivity contribution in [2.75, 3.05) is 13.2 Å². The number of carbonyl (C=O) groups excluding carboxylic acids is 1. The number of aromatic nitrogens is 1. The Morgan fingerprint density at radius 2 is 1.97 bits per heavy atom. The number of ether oxygens (including phenoxy) is 2. The molecule has 0 amide bonds. The molecule has 186 valence electrons. The number of halogens is 2. The van der Waals surface area contributed by atoms with E-state index in [4.69, 9.17) is 26.2 Å². The lowest BCUT2D eigenvalue weighted by Crippen LogP contribution is -2.39. The smallest absolute Gasteiger partial charge is 0.341 e. The number of aliphatic carboxylic acids is 1. The third-order valence-corrected chi connectivity index (χ3v) is 7.16. The molecule has 8 nitrogen and oxygen atoms in total. The number of benzene rings is 2. The molecule has 1 atom stereocenters. The van der Waals surface area contributed by atoms with Crippen molar-refractivity contribution < 1.29 is 24.2 Å². The minimum atomic E-state index is -1.08. The van der Waals surface area contributed by atoms with Crippen LogP contribution in [0, 0.1) is 0 Å². The van der Waals surface area contributed by atoms with Gasteiger partial charge in [-0.25, -0.2) is 14.6 Å². The normalized spacial score (nSPS) is 15.3. The van der Waals surface area contributed by atoms with Crippen LogP contribution in [0.5, 0.6) is 5.75 Å². The average molecular weight is 592 g/mol. The predicted octanol–water partition coefficient (Wildman–Crippen LogP) is 3.68. The largest absolute Gasteiger partial charge is 0.481 e. The molecule has 1 N–H and O–H groups in total. The summed E-state index contributed by atoms with van der Waals surface area (Å²) in [5.41, 5.74) is 1.85.